The zero-order chi connectivity index (χ0) is 23.3. The van der Waals surface area contributed by atoms with Crippen LogP contribution in [0, 0.1) is 21.4 Å². The van der Waals surface area contributed by atoms with E-state index in [4.69, 9.17) is 9.47 Å². The maximum Gasteiger partial charge on any atom is 0.354 e. The van der Waals surface area contributed by atoms with Gasteiger partial charge in [0.1, 0.15) is 17.4 Å². The number of nitro groups is 1. The molecule has 32 heavy (non-hydrogen) atoms. The second-order valence-corrected chi connectivity index (χ2v) is 6.94. The maximum atomic E-state index is 12.3. The first kappa shape index (κ1) is 24.6. The molecule has 2 aromatic rings. The zero-order valence-corrected chi connectivity index (χ0v) is 18.3. The fraction of sp³-hybridized carbons (Fsp3) is 0.333. The molecule has 0 aliphatic rings. The van der Waals surface area contributed by atoms with Gasteiger partial charge in [0, 0.05) is 37.5 Å². The minimum Gasteiger partial charge on any atom is -0.422 e. The highest BCUT2D eigenvalue weighted by Crippen LogP contribution is 2.20. The van der Waals surface area contributed by atoms with Crippen molar-refractivity contribution in [1.29, 1.82) is 5.26 Å². The molecule has 0 fully saturated rings. The van der Waals surface area contributed by atoms with Crippen LogP contribution in [0.15, 0.2) is 54.1 Å². The Hall–Kier alpha value is -3.70. The van der Waals surface area contributed by atoms with Gasteiger partial charge in [-0.1, -0.05) is 25.5 Å². The van der Waals surface area contributed by atoms with Gasteiger partial charge in [-0.2, -0.15) is 5.26 Å². The quantitative estimate of drug-likeness (QED) is 0.0897. The first-order valence-electron chi connectivity index (χ1n) is 10.5. The number of nitrogens with zero attached hydrogens (tertiary/aromatic N) is 3. The standard InChI is InChI=1S/C24H27N3O5/c1-3-5-14-26(15-16-31-4-2)21-8-6-19(7-9-21)17-20(18-25)24(28)32-23-12-10-22(11-13-23)27(29)30/h6-13,17H,3-5,14-16H2,1-2H3. The molecule has 0 saturated carbocycles. The smallest absolute Gasteiger partial charge is 0.354 e. The van der Waals surface area contributed by atoms with Gasteiger partial charge in [-0.05, 0) is 49.2 Å². The van der Waals surface area contributed by atoms with Gasteiger partial charge >= 0.3 is 5.97 Å². The Kier molecular flexibility index (Phi) is 9.88. The molecule has 0 amide bonds. The van der Waals surface area contributed by atoms with Crippen molar-refractivity contribution in [3.63, 3.8) is 0 Å². The number of hydrogen-bond acceptors (Lipinski definition) is 7. The number of benzene rings is 2. The minimum atomic E-state index is -0.827. The van der Waals surface area contributed by atoms with E-state index in [1.165, 1.54) is 30.3 Å². The summed E-state index contributed by atoms with van der Waals surface area (Å²) < 4.78 is 10.6. The molecule has 0 heterocycles. The lowest BCUT2D eigenvalue weighted by Crippen LogP contribution is -2.28. The maximum absolute atomic E-state index is 12.3. The Bertz CT molecular complexity index is 963. The summed E-state index contributed by atoms with van der Waals surface area (Å²) in [6.07, 6.45) is 3.61. The number of unbranched alkanes of at least 4 members (excludes halogenated alkanes) is 1. The monoisotopic (exact) mass is 437 g/mol. The molecule has 0 N–H and O–H groups in total. The van der Waals surface area contributed by atoms with Crippen LogP contribution >= 0.6 is 0 Å². The summed E-state index contributed by atoms with van der Waals surface area (Å²) in [5.41, 5.74) is 1.44. The first-order chi connectivity index (χ1) is 15.5. The normalized spacial score (nSPS) is 11.0. The van der Waals surface area contributed by atoms with Crippen molar-refractivity contribution in [2.75, 3.05) is 31.2 Å². The van der Waals surface area contributed by atoms with Gasteiger partial charge < -0.3 is 14.4 Å². The van der Waals surface area contributed by atoms with Crippen LogP contribution in [-0.2, 0) is 9.53 Å². The number of rotatable bonds is 12. The highest BCUT2D eigenvalue weighted by atomic mass is 16.6. The SMILES string of the molecule is CCCCN(CCOCC)c1ccc(C=C(C#N)C(=O)Oc2ccc([N+](=O)[O-])cc2)cc1. The van der Waals surface area contributed by atoms with E-state index < -0.39 is 10.9 Å². The minimum absolute atomic E-state index is 0.116. The predicted octanol–water partition coefficient (Wildman–Crippen LogP) is 4.75. The molecule has 0 bridgehead atoms. The van der Waals surface area contributed by atoms with Crippen LogP contribution in [0.25, 0.3) is 6.08 Å². The third kappa shape index (κ3) is 7.52. The van der Waals surface area contributed by atoms with E-state index >= 15 is 0 Å². The van der Waals surface area contributed by atoms with Gasteiger partial charge in [0.2, 0.25) is 0 Å². The molecule has 2 rings (SSSR count). The van der Waals surface area contributed by atoms with E-state index in [9.17, 15) is 20.2 Å². The van der Waals surface area contributed by atoms with E-state index in [1.807, 2.05) is 37.3 Å². The molecular formula is C24H27N3O5. The van der Waals surface area contributed by atoms with E-state index in [-0.39, 0.29) is 17.0 Å². The Morgan fingerprint density at radius 2 is 1.81 bits per heavy atom. The molecule has 0 atom stereocenters. The van der Waals surface area contributed by atoms with Gasteiger partial charge in [-0.3, -0.25) is 10.1 Å². The number of nitro benzene ring substituents is 1. The predicted molar refractivity (Wildman–Crippen MR) is 122 cm³/mol. The van der Waals surface area contributed by atoms with Crippen LogP contribution in [0.4, 0.5) is 11.4 Å². The molecule has 0 saturated heterocycles. The average molecular weight is 437 g/mol. The zero-order valence-electron chi connectivity index (χ0n) is 18.3. The van der Waals surface area contributed by atoms with E-state index in [0.717, 1.165) is 31.6 Å². The topological polar surface area (TPSA) is 106 Å². The lowest BCUT2D eigenvalue weighted by atomic mass is 10.1. The Labute approximate surface area is 187 Å². The number of hydrogen-bond donors (Lipinski definition) is 0. The lowest BCUT2D eigenvalue weighted by Gasteiger charge is -2.24. The van der Waals surface area contributed by atoms with Gasteiger partial charge in [0.05, 0.1) is 11.5 Å². The van der Waals surface area contributed by atoms with E-state index in [1.54, 1.807) is 0 Å². The van der Waals surface area contributed by atoms with Crippen molar-refractivity contribution in [3.8, 4) is 11.8 Å². The largest absolute Gasteiger partial charge is 0.422 e. The number of ether oxygens (including phenoxy) is 2. The van der Waals surface area contributed by atoms with Crippen molar-refractivity contribution < 1.29 is 19.2 Å². The Morgan fingerprint density at radius 3 is 2.38 bits per heavy atom. The van der Waals surface area contributed by atoms with E-state index in [2.05, 4.69) is 11.8 Å². The molecule has 8 nitrogen and oxygen atoms in total. The molecule has 8 heteroatoms. The summed E-state index contributed by atoms with van der Waals surface area (Å²) in [5, 5.41) is 20.1. The van der Waals surface area contributed by atoms with E-state index in [0.29, 0.717) is 18.8 Å². The number of carbonyl (C=O) groups is 1. The molecule has 0 aromatic heterocycles. The fourth-order valence-electron chi connectivity index (χ4n) is 2.92. The van der Waals surface area contributed by atoms with Crippen LogP contribution < -0.4 is 9.64 Å². The van der Waals surface area contributed by atoms with Gasteiger partial charge in [-0.25, -0.2) is 4.79 Å². The second kappa shape index (κ2) is 12.9. The third-order valence-electron chi connectivity index (χ3n) is 4.66. The summed E-state index contributed by atoms with van der Waals surface area (Å²) in [6.45, 7) is 7.15. The number of non-ortho nitro benzene ring substituents is 1. The number of nitriles is 1. The molecule has 2 aromatic carbocycles. The Balaban J connectivity index is 2.09. The van der Waals surface area contributed by atoms with Crippen molar-refractivity contribution in [1.82, 2.24) is 0 Å². The summed E-state index contributed by atoms with van der Waals surface area (Å²) in [5.74, 6) is -0.704. The number of anilines is 1. The number of carbonyl (C=O) groups excluding carboxylic acids is 1. The summed E-state index contributed by atoms with van der Waals surface area (Å²) in [4.78, 5) is 24.8. The molecule has 0 unspecified atom stereocenters. The second-order valence-electron chi connectivity index (χ2n) is 6.94. The Morgan fingerprint density at radius 1 is 1.12 bits per heavy atom. The molecular weight excluding hydrogens is 410 g/mol. The molecule has 168 valence electrons. The highest BCUT2D eigenvalue weighted by Gasteiger charge is 2.14. The summed E-state index contributed by atoms with van der Waals surface area (Å²) in [6, 6.07) is 14.5. The number of esters is 1. The van der Waals surface area contributed by atoms with Crippen LogP contribution in [-0.4, -0.2) is 37.2 Å². The van der Waals surface area contributed by atoms with Crippen molar-refractivity contribution in [3.05, 3.63) is 69.8 Å². The third-order valence-corrected chi connectivity index (χ3v) is 4.66. The van der Waals surface area contributed by atoms with Crippen molar-refractivity contribution >= 4 is 23.4 Å². The average Bonchev–Trinajstić information content (AvgIpc) is 2.80. The van der Waals surface area contributed by atoms with Crippen LogP contribution in [0.2, 0.25) is 0 Å². The molecule has 0 spiro atoms. The molecule has 0 aliphatic heterocycles. The molecule has 0 radical (unpaired) electrons. The van der Waals surface area contributed by atoms with Crippen molar-refractivity contribution in [2.24, 2.45) is 0 Å². The van der Waals surface area contributed by atoms with Crippen LogP contribution in [0.3, 0.4) is 0 Å². The van der Waals surface area contributed by atoms with Gasteiger partial charge in [-0.15, -0.1) is 0 Å². The van der Waals surface area contributed by atoms with Crippen LogP contribution in [0.5, 0.6) is 5.75 Å². The van der Waals surface area contributed by atoms with Gasteiger partial charge in [0.15, 0.2) is 0 Å². The summed E-state index contributed by atoms with van der Waals surface area (Å²) in [7, 11) is 0. The van der Waals surface area contributed by atoms with Crippen molar-refractivity contribution in [2.45, 2.75) is 26.7 Å². The van der Waals surface area contributed by atoms with Gasteiger partial charge in [0.25, 0.3) is 5.69 Å². The molecule has 0 aliphatic carbocycles. The van der Waals surface area contributed by atoms with Crippen LogP contribution in [0.1, 0.15) is 32.3 Å². The first-order valence-corrected chi connectivity index (χ1v) is 10.5. The lowest BCUT2D eigenvalue weighted by molar-refractivity contribution is -0.384. The summed E-state index contributed by atoms with van der Waals surface area (Å²) >= 11 is 0. The highest BCUT2D eigenvalue weighted by molar-refractivity contribution is 5.99. The fourth-order valence-corrected chi connectivity index (χ4v) is 2.92.